The number of Topliss-reactive ketones (excluding diaryl/α,β-unsaturated/α-hetero) is 2. The largest absolute Gasteiger partial charge is 0.358 e. The van der Waals surface area contributed by atoms with Crippen molar-refractivity contribution in [3.63, 3.8) is 0 Å². The van der Waals surface area contributed by atoms with E-state index < -0.39 is 23.4 Å². The zero-order valence-corrected chi connectivity index (χ0v) is 20.6. The van der Waals surface area contributed by atoms with E-state index in [1.54, 1.807) is 12.1 Å². The number of amides is 1. The van der Waals surface area contributed by atoms with Crippen LogP contribution in [0.5, 0.6) is 0 Å². The molecule has 0 radical (unpaired) electrons. The molecular formula is C29H20N2O3S2. The molecule has 5 heterocycles. The lowest BCUT2D eigenvalue weighted by Gasteiger charge is -2.38. The van der Waals surface area contributed by atoms with Gasteiger partial charge in [-0.25, -0.2) is 0 Å². The molecule has 2 aromatic carbocycles. The van der Waals surface area contributed by atoms with Crippen molar-refractivity contribution >= 4 is 51.9 Å². The third kappa shape index (κ3) is 2.72. The molecule has 1 saturated heterocycles. The molecule has 7 rings (SSSR count). The van der Waals surface area contributed by atoms with Crippen molar-refractivity contribution in [2.45, 2.75) is 17.5 Å². The number of hydrogen-bond donors (Lipinski definition) is 1. The van der Waals surface area contributed by atoms with E-state index in [1.165, 1.54) is 22.7 Å². The highest BCUT2D eigenvalue weighted by molar-refractivity contribution is 7.12. The number of fused-ring (bicyclic) bond motifs is 6. The van der Waals surface area contributed by atoms with Crippen molar-refractivity contribution in [2.24, 2.45) is 5.92 Å². The van der Waals surface area contributed by atoms with E-state index in [2.05, 4.69) is 5.32 Å². The Balaban J connectivity index is 1.56. The molecule has 176 valence electrons. The fourth-order valence-corrected chi connectivity index (χ4v) is 7.71. The molecule has 4 aromatic rings. The zero-order chi connectivity index (χ0) is 24.4. The van der Waals surface area contributed by atoms with Gasteiger partial charge in [0.25, 0.3) is 0 Å². The van der Waals surface area contributed by atoms with Gasteiger partial charge in [0.15, 0.2) is 11.6 Å². The van der Waals surface area contributed by atoms with Crippen LogP contribution in [0, 0.1) is 5.92 Å². The van der Waals surface area contributed by atoms with E-state index in [0.29, 0.717) is 15.4 Å². The summed E-state index contributed by atoms with van der Waals surface area (Å²) in [6, 6.07) is 21.4. The molecule has 1 N–H and O–H groups in total. The molecule has 2 aromatic heterocycles. The van der Waals surface area contributed by atoms with Gasteiger partial charge in [-0.15, -0.1) is 22.7 Å². The van der Waals surface area contributed by atoms with Gasteiger partial charge >= 0.3 is 0 Å². The second-order valence-corrected chi connectivity index (χ2v) is 11.2. The van der Waals surface area contributed by atoms with Gasteiger partial charge in [0, 0.05) is 11.9 Å². The summed E-state index contributed by atoms with van der Waals surface area (Å²) in [6.07, 6.45) is 3.88. The molecule has 0 unspecified atom stereocenters. The van der Waals surface area contributed by atoms with Crippen LogP contribution in [0.25, 0.3) is 6.08 Å². The smallest absolute Gasteiger partial charge is 0.238 e. The lowest BCUT2D eigenvalue weighted by Crippen LogP contribution is -2.49. The molecule has 0 aliphatic carbocycles. The number of hydrogen-bond acceptors (Lipinski definition) is 6. The second kappa shape index (κ2) is 7.85. The Morgan fingerprint density at radius 2 is 1.53 bits per heavy atom. The summed E-state index contributed by atoms with van der Waals surface area (Å²) < 4.78 is 0. The van der Waals surface area contributed by atoms with Crippen LogP contribution in [0.3, 0.4) is 0 Å². The van der Waals surface area contributed by atoms with Crippen molar-refractivity contribution in [2.75, 3.05) is 5.32 Å². The average molecular weight is 509 g/mol. The van der Waals surface area contributed by atoms with Crippen LogP contribution in [0.1, 0.15) is 42.1 Å². The molecule has 5 nitrogen and oxygen atoms in total. The van der Waals surface area contributed by atoms with Gasteiger partial charge in [-0.3, -0.25) is 14.4 Å². The van der Waals surface area contributed by atoms with Crippen molar-refractivity contribution in [3.05, 3.63) is 116 Å². The van der Waals surface area contributed by atoms with Crippen molar-refractivity contribution < 1.29 is 14.4 Å². The summed E-state index contributed by atoms with van der Waals surface area (Å²) in [5.74, 6) is -1.45. The Bertz CT molecular complexity index is 1560. The van der Waals surface area contributed by atoms with Crippen LogP contribution >= 0.6 is 22.7 Å². The highest BCUT2D eigenvalue weighted by Gasteiger charge is 2.70. The molecule has 7 heteroatoms. The Hall–Kier alpha value is -3.81. The molecular weight excluding hydrogens is 488 g/mol. The van der Waals surface area contributed by atoms with E-state index in [1.807, 2.05) is 88.6 Å². The summed E-state index contributed by atoms with van der Waals surface area (Å²) in [4.78, 5) is 45.9. The minimum absolute atomic E-state index is 0.136. The van der Waals surface area contributed by atoms with Gasteiger partial charge < -0.3 is 10.2 Å². The van der Waals surface area contributed by atoms with Crippen LogP contribution in [-0.2, 0) is 10.2 Å². The Kier molecular flexibility index (Phi) is 4.68. The summed E-state index contributed by atoms with van der Waals surface area (Å²) in [6.45, 7) is 0. The molecule has 4 atom stereocenters. The number of carbonyl (C=O) groups is 3. The Morgan fingerprint density at radius 3 is 2.28 bits per heavy atom. The minimum atomic E-state index is -1.27. The SMILES string of the molecule is O=C(c1cccs1)[C@@H]1[C@H](C(=O)c2cccs2)[C@@]2(C(=O)Nc3ccccc32)[C@H]2c3ccccc3C=CN12. The topological polar surface area (TPSA) is 66.5 Å². The van der Waals surface area contributed by atoms with Gasteiger partial charge in [0.05, 0.1) is 21.7 Å². The van der Waals surface area contributed by atoms with Crippen LogP contribution in [-0.4, -0.2) is 28.4 Å². The summed E-state index contributed by atoms with van der Waals surface area (Å²) in [5.41, 5.74) is 2.13. The summed E-state index contributed by atoms with van der Waals surface area (Å²) in [7, 11) is 0. The molecule has 3 aliphatic rings. The maximum Gasteiger partial charge on any atom is 0.238 e. The molecule has 1 fully saturated rings. The van der Waals surface area contributed by atoms with Gasteiger partial charge in [0.2, 0.25) is 5.91 Å². The zero-order valence-electron chi connectivity index (χ0n) is 19.0. The third-order valence-electron chi connectivity index (χ3n) is 7.65. The standard InChI is InChI=1S/C29H20N2O3S2/c32-25(21-11-5-15-35-21)23-24(26(33)22-12-6-16-36-22)31-14-13-17-7-1-2-8-18(17)27(31)29(23)19-9-3-4-10-20(19)30-28(29)34/h1-16,23-24,27H,(H,30,34)/t23-,24+,27-,29-/m1/s1. The van der Waals surface area contributed by atoms with E-state index in [0.717, 1.165) is 16.7 Å². The number of thiophene rings is 2. The van der Waals surface area contributed by atoms with Crippen molar-refractivity contribution in [1.29, 1.82) is 0 Å². The summed E-state index contributed by atoms with van der Waals surface area (Å²) >= 11 is 2.71. The predicted molar refractivity (Wildman–Crippen MR) is 141 cm³/mol. The van der Waals surface area contributed by atoms with Gasteiger partial charge in [-0.05, 0) is 51.7 Å². The van der Waals surface area contributed by atoms with Gasteiger partial charge in [-0.2, -0.15) is 0 Å². The quantitative estimate of drug-likeness (QED) is 0.354. The van der Waals surface area contributed by atoms with E-state index in [-0.39, 0.29) is 17.5 Å². The Labute approximate surface area is 215 Å². The first-order valence-electron chi connectivity index (χ1n) is 11.7. The van der Waals surface area contributed by atoms with Crippen molar-refractivity contribution in [3.8, 4) is 0 Å². The maximum absolute atomic E-state index is 14.4. The van der Waals surface area contributed by atoms with Crippen molar-refractivity contribution in [1.82, 2.24) is 4.90 Å². The second-order valence-electron chi connectivity index (χ2n) is 9.27. The average Bonchev–Trinajstić information content (AvgIpc) is 3.70. The van der Waals surface area contributed by atoms with E-state index in [4.69, 9.17) is 0 Å². The van der Waals surface area contributed by atoms with Crippen LogP contribution < -0.4 is 5.32 Å². The van der Waals surface area contributed by atoms with Crippen LogP contribution in [0.2, 0.25) is 0 Å². The first-order chi connectivity index (χ1) is 17.6. The number of para-hydroxylation sites is 1. The number of anilines is 1. The maximum atomic E-state index is 14.4. The lowest BCUT2D eigenvalue weighted by molar-refractivity contribution is -0.122. The van der Waals surface area contributed by atoms with Gasteiger partial charge in [-0.1, -0.05) is 54.6 Å². The number of nitrogens with one attached hydrogen (secondary N) is 1. The van der Waals surface area contributed by atoms with Crippen LogP contribution in [0.15, 0.2) is 89.8 Å². The lowest BCUT2D eigenvalue weighted by atomic mass is 9.63. The number of benzene rings is 2. The minimum Gasteiger partial charge on any atom is -0.358 e. The monoisotopic (exact) mass is 508 g/mol. The molecule has 1 spiro atoms. The highest BCUT2D eigenvalue weighted by atomic mass is 32.1. The normalized spacial score (nSPS) is 25.4. The molecule has 36 heavy (non-hydrogen) atoms. The third-order valence-corrected chi connectivity index (χ3v) is 9.42. The fraction of sp³-hybridized carbons (Fsp3) is 0.138. The molecule has 0 saturated carbocycles. The van der Waals surface area contributed by atoms with E-state index in [9.17, 15) is 14.4 Å². The van der Waals surface area contributed by atoms with E-state index >= 15 is 0 Å². The highest BCUT2D eigenvalue weighted by Crippen LogP contribution is 2.62. The fourth-order valence-electron chi connectivity index (χ4n) is 6.30. The number of carbonyl (C=O) groups excluding carboxylic acids is 3. The van der Waals surface area contributed by atoms with Crippen LogP contribution in [0.4, 0.5) is 5.69 Å². The first-order valence-corrected chi connectivity index (χ1v) is 13.5. The predicted octanol–water partition coefficient (Wildman–Crippen LogP) is 5.79. The van der Waals surface area contributed by atoms with Gasteiger partial charge in [0.1, 0.15) is 11.5 Å². The first kappa shape index (κ1) is 21.5. The number of ketones is 2. The number of nitrogens with zero attached hydrogens (tertiary/aromatic N) is 1. The Morgan fingerprint density at radius 1 is 0.833 bits per heavy atom. The number of rotatable bonds is 4. The molecule has 0 bridgehead atoms. The molecule has 1 amide bonds. The molecule has 3 aliphatic heterocycles. The summed E-state index contributed by atoms with van der Waals surface area (Å²) in [5, 5.41) is 6.79.